The Bertz CT molecular complexity index is 1590. The second-order valence-corrected chi connectivity index (χ2v) is 8.34. The predicted molar refractivity (Wildman–Crippen MR) is 141 cm³/mol. The number of phenolic OH excluding ortho intramolecular Hbond substituents is 1. The lowest BCUT2D eigenvalue weighted by Crippen LogP contribution is -2.04. The third-order valence-electron chi connectivity index (χ3n) is 6.04. The van der Waals surface area contributed by atoms with E-state index in [0.717, 1.165) is 43.8 Å². The molecule has 0 saturated carbocycles. The molecule has 0 fully saturated rings. The molecule has 4 nitrogen and oxygen atoms in total. The zero-order valence-corrected chi connectivity index (χ0v) is 19.5. The molecule has 0 saturated heterocycles. The Kier molecular flexibility index (Phi) is 5.94. The van der Waals surface area contributed by atoms with Gasteiger partial charge in [0.15, 0.2) is 0 Å². The SMILES string of the molecule is COc1cc(C)ccc1/C=C/C(=O)Oc1cccc2cccc(-c3cccc4cccc(O)c34)c12. The first-order chi connectivity index (χ1) is 17.0. The maximum absolute atomic E-state index is 12.8. The number of hydrogen-bond donors (Lipinski definition) is 1. The molecule has 0 spiro atoms. The first kappa shape index (κ1) is 22.2. The van der Waals surface area contributed by atoms with Crippen molar-refractivity contribution in [2.75, 3.05) is 7.11 Å². The second-order valence-electron chi connectivity index (χ2n) is 8.34. The number of carbonyl (C=O) groups excluding carboxylic acids is 1. The van der Waals surface area contributed by atoms with Gasteiger partial charge in [-0.2, -0.15) is 0 Å². The lowest BCUT2D eigenvalue weighted by Gasteiger charge is -2.14. The molecule has 0 aliphatic carbocycles. The summed E-state index contributed by atoms with van der Waals surface area (Å²) < 4.78 is 11.2. The summed E-state index contributed by atoms with van der Waals surface area (Å²) in [6.07, 6.45) is 3.09. The van der Waals surface area contributed by atoms with Crippen LogP contribution < -0.4 is 9.47 Å². The highest BCUT2D eigenvalue weighted by Crippen LogP contribution is 2.41. The standard InChI is InChI=1S/C31H24O4/c1-20-15-16-21(28(19-20)34-2)17-18-29(33)35-27-14-6-10-23-8-4-12-25(31(23)27)24-11-3-7-22-9-5-13-26(32)30(22)24/h3-19,32H,1-2H3/b18-17+. The number of benzene rings is 5. The van der Waals surface area contributed by atoms with E-state index in [1.54, 1.807) is 25.3 Å². The van der Waals surface area contributed by atoms with E-state index >= 15 is 0 Å². The van der Waals surface area contributed by atoms with E-state index in [1.807, 2.05) is 85.8 Å². The summed E-state index contributed by atoms with van der Waals surface area (Å²) in [5.74, 6) is 0.864. The van der Waals surface area contributed by atoms with E-state index in [9.17, 15) is 9.90 Å². The first-order valence-electron chi connectivity index (χ1n) is 11.3. The van der Waals surface area contributed by atoms with Gasteiger partial charge in [0.2, 0.25) is 0 Å². The van der Waals surface area contributed by atoms with Crippen LogP contribution in [0.15, 0.2) is 97.1 Å². The highest BCUT2D eigenvalue weighted by atomic mass is 16.5. The van der Waals surface area contributed by atoms with Crippen LogP contribution in [0.4, 0.5) is 0 Å². The number of methoxy groups -OCH3 is 1. The molecule has 0 bridgehead atoms. The molecule has 5 rings (SSSR count). The van der Waals surface area contributed by atoms with Gasteiger partial charge in [-0.25, -0.2) is 4.79 Å². The topological polar surface area (TPSA) is 55.8 Å². The molecule has 1 N–H and O–H groups in total. The minimum atomic E-state index is -0.490. The molecule has 0 amide bonds. The minimum absolute atomic E-state index is 0.208. The predicted octanol–water partition coefficient (Wildman–Crippen LogP) is 7.30. The van der Waals surface area contributed by atoms with Crippen molar-refractivity contribution in [1.29, 1.82) is 0 Å². The fourth-order valence-corrected chi connectivity index (χ4v) is 4.42. The van der Waals surface area contributed by atoms with Crippen molar-refractivity contribution >= 4 is 33.6 Å². The Morgan fingerprint density at radius 3 is 2.11 bits per heavy atom. The van der Waals surface area contributed by atoms with Crippen LogP contribution in [0.2, 0.25) is 0 Å². The van der Waals surface area contributed by atoms with E-state index in [-0.39, 0.29) is 5.75 Å². The highest BCUT2D eigenvalue weighted by Gasteiger charge is 2.15. The van der Waals surface area contributed by atoms with E-state index in [2.05, 4.69) is 0 Å². The van der Waals surface area contributed by atoms with Crippen molar-refractivity contribution in [2.24, 2.45) is 0 Å². The zero-order valence-electron chi connectivity index (χ0n) is 19.5. The Balaban J connectivity index is 1.57. The fourth-order valence-electron chi connectivity index (χ4n) is 4.42. The second kappa shape index (κ2) is 9.35. The van der Waals surface area contributed by atoms with Crippen molar-refractivity contribution < 1.29 is 19.4 Å². The van der Waals surface area contributed by atoms with E-state index in [0.29, 0.717) is 11.5 Å². The van der Waals surface area contributed by atoms with Gasteiger partial charge in [0.1, 0.15) is 17.2 Å². The summed E-state index contributed by atoms with van der Waals surface area (Å²) in [6.45, 7) is 1.98. The van der Waals surface area contributed by atoms with Crippen LogP contribution in [0.25, 0.3) is 38.7 Å². The Morgan fingerprint density at radius 2 is 1.40 bits per heavy atom. The van der Waals surface area contributed by atoms with Crippen molar-refractivity contribution in [3.05, 3.63) is 108 Å². The van der Waals surface area contributed by atoms with Gasteiger partial charge in [-0.3, -0.25) is 0 Å². The number of rotatable bonds is 5. The molecule has 0 atom stereocenters. The van der Waals surface area contributed by atoms with E-state index in [4.69, 9.17) is 9.47 Å². The molecule has 172 valence electrons. The first-order valence-corrected chi connectivity index (χ1v) is 11.3. The number of carbonyl (C=O) groups is 1. The molecule has 5 aromatic rings. The number of hydrogen-bond acceptors (Lipinski definition) is 4. The largest absolute Gasteiger partial charge is 0.507 e. The number of esters is 1. The zero-order chi connectivity index (χ0) is 24.4. The lowest BCUT2D eigenvalue weighted by atomic mass is 9.93. The molecule has 0 aliphatic heterocycles. The highest BCUT2D eigenvalue weighted by molar-refractivity contribution is 6.10. The van der Waals surface area contributed by atoms with Gasteiger partial charge in [-0.1, -0.05) is 72.8 Å². The summed E-state index contributed by atoms with van der Waals surface area (Å²) in [5, 5.41) is 14.1. The van der Waals surface area contributed by atoms with Crippen LogP contribution in [-0.4, -0.2) is 18.2 Å². The fraction of sp³-hybridized carbons (Fsp3) is 0.0645. The smallest absolute Gasteiger partial charge is 0.336 e. The molecule has 5 aromatic carbocycles. The van der Waals surface area contributed by atoms with Gasteiger partial charge in [-0.05, 0) is 58.7 Å². The van der Waals surface area contributed by atoms with Crippen LogP contribution >= 0.6 is 0 Å². The monoisotopic (exact) mass is 460 g/mol. The molecule has 4 heteroatoms. The van der Waals surface area contributed by atoms with Gasteiger partial charge < -0.3 is 14.6 Å². The van der Waals surface area contributed by atoms with Gasteiger partial charge in [0.25, 0.3) is 0 Å². The number of aryl methyl sites for hydroxylation is 1. The summed E-state index contributed by atoms with van der Waals surface area (Å²) in [7, 11) is 1.60. The Labute approximate surface area is 203 Å². The van der Waals surface area contributed by atoms with Crippen LogP contribution in [0.1, 0.15) is 11.1 Å². The molecular weight excluding hydrogens is 436 g/mol. The van der Waals surface area contributed by atoms with Gasteiger partial charge >= 0.3 is 5.97 Å². The lowest BCUT2D eigenvalue weighted by molar-refractivity contribution is -0.128. The molecule has 35 heavy (non-hydrogen) atoms. The normalized spacial score (nSPS) is 11.3. The maximum atomic E-state index is 12.8. The quantitative estimate of drug-likeness (QED) is 0.170. The van der Waals surface area contributed by atoms with Gasteiger partial charge in [-0.15, -0.1) is 0 Å². The van der Waals surface area contributed by atoms with Crippen LogP contribution in [-0.2, 0) is 4.79 Å². The molecule has 0 aromatic heterocycles. The van der Waals surface area contributed by atoms with Gasteiger partial charge in [0, 0.05) is 22.4 Å². The molecule has 0 unspecified atom stereocenters. The van der Waals surface area contributed by atoms with Crippen molar-refractivity contribution in [2.45, 2.75) is 6.92 Å². The Hall–Kier alpha value is -4.57. The van der Waals surface area contributed by atoms with Crippen LogP contribution in [0, 0.1) is 6.92 Å². The van der Waals surface area contributed by atoms with E-state index in [1.165, 1.54) is 6.08 Å². The summed E-state index contributed by atoms with van der Waals surface area (Å²) in [4.78, 5) is 12.8. The third-order valence-corrected chi connectivity index (χ3v) is 6.04. The van der Waals surface area contributed by atoms with Crippen LogP contribution in [0.5, 0.6) is 17.2 Å². The van der Waals surface area contributed by atoms with Crippen LogP contribution in [0.3, 0.4) is 0 Å². The number of fused-ring (bicyclic) bond motifs is 2. The number of phenols is 1. The summed E-state index contributed by atoms with van der Waals surface area (Å²) >= 11 is 0. The maximum Gasteiger partial charge on any atom is 0.336 e. The molecule has 0 aliphatic rings. The van der Waals surface area contributed by atoms with Gasteiger partial charge in [0.05, 0.1) is 7.11 Å². The third kappa shape index (κ3) is 4.34. The summed E-state index contributed by atoms with van der Waals surface area (Å²) in [6, 6.07) is 28.7. The van der Waals surface area contributed by atoms with E-state index < -0.39 is 5.97 Å². The number of ether oxygens (including phenoxy) is 2. The number of aromatic hydroxyl groups is 1. The molecule has 0 heterocycles. The van der Waals surface area contributed by atoms with Crippen molar-refractivity contribution in [3.63, 3.8) is 0 Å². The average molecular weight is 461 g/mol. The molecular formula is C31H24O4. The summed E-state index contributed by atoms with van der Waals surface area (Å²) in [5.41, 5.74) is 3.61. The minimum Gasteiger partial charge on any atom is -0.507 e. The Morgan fingerprint density at radius 1 is 0.771 bits per heavy atom. The average Bonchev–Trinajstić information content (AvgIpc) is 2.87. The van der Waals surface area contributed by atoms with Crippen molar-refractivity contribution in [1.82, 2.24) is 0 Å². The van der Waals surface area contributed by atoms with Crippen molar-refractivity contribution in [3.8, 4) is 28.4 Å². The molecule has 0 radical (unpaired) electrons.